The van der Waals surface area contributed by atoms with Crippen molar-refractivity contribution in [3.05, 3.63) is 0 Å². The largest absolute Gasteiger partial charge is 0.369 e. The van der Waals surface area contributed by atoms with Crippen LogP contribution in [0.3, 0.4) is 0 Å². The van der Waals surface area contributed by atoms with Crippen molar-refractivity contribution < 1.29 is 4.79 Å². The van der Waals surface area contributed by atoms with Crippen molar-refractivity contribution in [1.82, 2.24) is 15.2 Å². The average molecular weight is 196 g/mol. The number of aromatic nitrogens is 3. The number of hydrogen-bond acceptors (Lipinski definition) is 5. The highest BCUT2D eigenvalue weighted by Crippen LogP contribution is 2.20. The van der Waals surface area contributed by atoms with Crippen LogP contribution in [-0.4, -0.2) is 34.2 Å². The number of anilines is 2. The maximum atomic E-state index is 10.9. The average Bonchev–Trinajstić information content (AvgIpc) is 2.70. The van der Waals surface area contributed by atoms with E-state index >= 15 is 0 Å². The van der Waals surface area contributed by atoms with Gasteiger partial charge in [-0.25, -0.2) is 5.10 Å². The van der Waals surface area contributed by atoms with Crippen LogP contribution >= 0.6 is 0 Å². The first-order valence-electron chi connectivity index (χ1n) is 4.39. The summed E-state index contributed by atoms with van der Waals surface area (Å²) in [4.78, 5) is 16.8. The summed E-state index contributed by atoms with van der Waals surface area (Å²) < 4.78 is 0. The van der Waals surface area contributed by atoms with Crippen LogP contribution in [0.4, 0.5) is 11.9 Å². The third-order valence-corrected chi connectivity index (χ3v) is 2.36. The van der Waals surface area contributed by atoms with E-state index in [4.69, 9.17) is 11.5 Å². The van der Waals surface area contributed by atoms with Gasteiger partial charge in [0.05, 0.1) is 5.92 Å². The van der Waals surface area contributed by atoms with Gasteiger partial charge in [-0.05, 0) is 6.42 Å². The van der Waals surface area contributed by atoms with E-state index in [9.17, 15) is 4.79 Å². The summed E-state index contributed by atoms with van der Waals surface area (Å²) in [5.41, 5.74) is 10.6. The standard InChI is InChI=1S/C7H12N6O/c8-5(14)4-1-2-13(3-4)7-10-6(9)11-12-7/h4H,1-3H2,(H2,8,14)(H3,9,10,11,12). The summed E-state index contributed by atoms with van der Waals surface area (Å²) in [6.07, 6.45) is 0.754. The molecule has 7 nitrogen and oxygen atoms in total. The monoisotopic (exact) mass is 196 g/mol. The molecule has 1 aliphatic heterocycles. The molecule has 0 aromatic carbocycles. The molecule has 2 rings (SSSR count). The number of primary amides is 1. The summed E-state index contributed by atoms with van der Waals surface area (Å²) >= 11 is 0. The first-order chi connectivity index (χ1) is 6.66. The van der Waals surface area contributed by atoms with Crippen molar-refractivity contribution in [3.63, 3.8) is 0 Å². The van der Waals surface area contributed by atoms with Gasteiger partial charge in [-0.2, -0.15) is 4.98 Å². The first kappa shape index (κ1) is 8.79. The lowest BCUT2D eigenvalue weighted by Crippen LogP contribution is -2.27. The van der Waals surface area contributed by atoms with E-state index in [2.05, 4.69) is 15.2 Å². The molecule has 1 amide bonds. The summed E-state index contributed by atoms with van der Waals surface area (Å²) in [5, 5.41) is 6.45. The SMILES string of the molecule is NC(=O)C1CCN(c2n[nH]c(N)n2)C1. The molecule has 5 N–H and O–H groups in total. The van der Waals surface area contributed by atoms with Gasteiger partial charge in [0.25, 0.3) is 0 Å². The van der Waals surface area contributed by atoms with Crippen LogP contribution in [0.25, 0.3) is 0 Å². The van der Waals surface area contributed by atoms with Crippen molar-refractivity contribution in [2.75, 3.05) is 23.7 Å². The first-order valence-corrected chi connectivity index (χ1v) is 4.39. The number of hydrogen-bond donors (Lipinski definition) is 3. The predicted octanol–water partition coefficient (Wildman–Crippen LogP) is -1.30. The molecular formula is C7H12N6O. The minimum absolute atomic E-state index is 0.102. The zero-order valence-electron chi connectivity index (χ0n) is 7.60. The Morgan fingerprint density at radius 1 is 1.64 bits per heavy atom. The Hall–Kier alpha value is -1.79. The smallest absolute Gasteiger partial charge is 0.246 e. The number of carbonyl (C=O) groups excluding carboxylic acids is 1. The van der Waals surface area contributed by atoms with Gasteiger partial charge < -0.3 is 16.4 Å². The Bertz CT molecular complexity index is 348. The molecule has 0 radical (unpaired) electrons. The molecule has 1 saturated heterocycles. The number of amides is 1. The summed E-state index contributed by atoms with van der Waals surface area (Å²) in [6.45, 7) is 1.32. The molecule has 1 unspecified atom stereocenters. The highest BCUT2D eigenvalue weighted by molar-refractivity contribution is 5.78. The fourth-order valence-corrected chi connectivity index (χ4v) is 1.58. The molecule has 0 saturated carbocycles. The Labute approximate surface area is 80.5 Å². The van der Waals surface area contributed by atoms with Crippen LogP contribution in [0.2, 0.25) is 0 Å². The number of H-pyrrole nitrogens is 1. The molecular weight excluding hydrogens is 184 g/mol. The van der Waals surface area contributed by atoms with E-state index in [0.717, 1.165) is 13.0 Å². The van der Waals surface area contributed by atoms with Gasteiger partial charge in [-0.15, -0.1) is 5.10 Å². The van der Waals surface area contributed by atoms with Gasteiger partial charge in [0.1, 0.15) is 0 Å². The molecule has 0 bridgehead atoms. The van der Waals surface area contributed by atoms with Crippen molar-refractivity contribution in [2.45, 2.75) is 6.42 Å². The van der Waals surface area contributed by atoms with Crippen molar-refractivity contribution in [2.24, 2.45) is 11.7 Å². The number of aromatic amines is 1. The van der Waals surface area contributed by atoms with Gasteiger partial charge in [0, 0.05) is 13.1 Å². The maximum Gasteiger partial charge on any atom is 0.246 e. The Kier molecular flexibility index (Phi) is 1.99. The molecule has 2 heterocycles. The van der Waals surface area contributed by atoms with Crippen LogP contribution in [0.15, 0.2) is 0 Å². The van der Waals surface area contributed by atoms with E-state index < -0.39 is 0 Å². The van der Waals surface area contributed by atoms with Gasteiger partial charge in [-0.1, -0.05) is 0 Å². The van der Waals surface area contributed by atoms with Gasteiger partial charge in [0.2, 0.25) is 17.8 Å². The van der Waals surface area contributed by atoms with Crippen LogP contribution in [0.1, 0.15) is 6.42 Å². The van der Waals surface area contributed by atoms with E-state index in [1.165, 1.54) is 0 Å². The fourth-order valence-electron chi connectivity index (χ4n) is 1.58. The number of nitrogens with one attached hydrogen (secondary N) is 1. The van der Waals surface area contributed by atoms with Crippen LogP contribution in [0.5, 0.6) is 0 Å². The molecule has 1 aromatic rings. The second-order valence-electron chi connectivity index (χ2n) is 3.35. The quantitative estimate of drug-likeness (QED) is 0.544. The topological polar surface area (TPSA) is 114 Å². The third-order valence-electron chi connectivity index (χ3n) is 2.36. The Balaban J connectivity index is 2.05. The van der Waals surface area contributed by atoms with Gasteiger partial charge in [0.15, 0.2) is 0 Å². The van der Waals surface area contributed by atoms with Crippen molar-refractivity contribution in [3.8, 4) is 0 Å². The van der Waals surface area contributed by atoms with E-state index in [1.54, 1.807) is 0 Å². The lowest BCUT2D eigenvalue weighted by atomic mass is 10.1. The lowest BCUT2D eigenvalue weighted by molar-refractivity contribution is -0.121. The lowest BCUT2D eigenvalue weighted by Gasteiger charge is -2.11. The molecule has 76 valence electrons. The normalized spacial score (nSPS) is 21.4. The minimum Gasteiger partial charge on any atom is -0.369 e. The predicted molar refractivity (Wildman–Crippen MR) is 50.3 cm³/mol. The molecule has 0 aliphatic carbocycles. The third kappa shape index (κ3) is 1.48. The van der Waals surface area contributed by atoms with E-state index in [-0.39, 0.29) is 17.8 Å². The van der Waals surface area contributed by atoms with E-state index in [1.807, 2.05) is 4.90 Å². The Morgan fingerprint density at radius 2 is 2.43 bits per heavy atom. The Morgan fingerprint density at radius 3 is 2.93 bits per heavy atom. The second kappa shape index (κ2) is 3.17. The van der Waals surface area contributed by atoms with E-state index in [0.29, 0.717) is 12.5 Å². The highest BCUT2D eigenvalue weighted by atomic mass is 16.1. The summed E-state index contributed by atoms with van der Waals surface area (Å²) in [7, 11) is 0. The molecule has 1 aromatic heterocycles. The highest BCUT2D eigenvalue weighted by Gasteiger charge is 2.28. The van der Waals surface area contributed by atoms with Crippen molar-refractivity contribution >= 4 is 17.8 Å². The maximum absolute atomic E-state index is 10.9. The molecule has 0 spiro atoms. The van der Waals surface area contributed by atoms with Crippen LogP contribution in [-0.2, 0) is 4.79 Å². The van der Waals surface area contributed by atoms with Crippen LogP contribution < -0.4 is 16.4 Å². The number of nitrogens with two attached hydrogens (primary N) is 2. The molecule has 1 fully saturated rings. The molecule has 1 aliphatic rings. The van der Waals surface area contributed by atoms with Crippen LogP contribution in [0, 0.1) is 5.92 Å². The summed E-state index contributed by atoms with van der Waals surface area (Å²) in [5.74, 6) is 0.444. The molecule has 1 atom stereocenters. The van der Waals surface area contributed by atoms with Gasteiger partial charge >= 0.3 is 0 Å². The molecule has 14 heavy (non-hydrogen) atoms. The minimum atomic E-state index is -0.268. The summed E-state index contributed by atoms with van der Waals surface area (Å²) in [6, 6.07) is 0. The second-order valence-corrected chi connectivity index (χ2v) is 3.35. The number of nitrogens with zero attached hydrogens (tertiary/aromatic N) is 3. The number of carbonyl (C=O) groups is 1. The number of rotatable bonds is 2. The fraction of sp³-hybridized carbons (Fsp3) is 0.571. The van der Waals surface area contributed by atoms with Gasteiger partial charge in [-0.3, -0.25) is 4.79 Å². The zero-order chi connectivity index (χ0) is 10.1. The molecule has 7 heteroatoms. The zero-order valence-corrected chi connectivity index (χ0v) is 7.60. The van der Waals surface area contributed by atoms with Crippen molar-refractivity contribution in [1.29, 1.82) is 0 Å². The number of nitrogen functional groups attached to an aromatic ring is 1.